The fourth-order valence-corrected chi connectivity index (χ4v) is 4.17. The molecule has 0 fully saturated rings. The Balaban J connectivity index is 2.84. The number of nitrogens with two attached hydrogens (primary N) is 1. The molecule has 0 radical (unpaired) electrons. The number of thioether (sulfide) groups is 1. The van der Waals surface area contributed by atoms with Crippen LogP contribution in [0.3, 0.4) is 0 Å². The smallest absolute Gasteiger partial charge is 0.240 e. The van der Waals surface area contributed by atoms with E-state index >= 15 is 0 Å². The molecule has 1 aromatic rings. The normalized spacial score (nSPS) is 12.5. The highest BCUT2D eigenvalue weighted by molar-refractivity contribution is 8.00. The van der Waals surface area contributed by atoms with Gasteiger partial charge in [0.25, 0.3) is 0 Å². The van der Waals surface area contributed by atoms with E-state index in [-0.39, 0.29) is 10.6 Å². The number of sulfonamides is 1. The van der Waals surface area contributed by atoms with Gasteiger partial charge in [0.05, 0.1) is 10.6 Å². The van der Waals surface area contributed by atoms with E-state index in [4.69, 9.17) is 5.73 Å². The molecule has 1 aromatic carbocycles. The second kappa shape index (κ2) is 6.12. The summed E-state index contributed by atoms with van der Waals surface area (Å²) in [5.41, 5.74) is 6.07. The summed E-state index contributed by atoms with van der Waals surface area (Å²) < 4.78 is 47.3. The minimum atomic E-state index is -3.52. The van der Waals surface area contributed by atoms with Gasteiger partial charge in [-0.3, -0.25) is 0 Å². The van der Waals surface area contributed by atoms with E-state index in [0.717, 1.165) is 0 Å². The molecule has 0 saturated heterocycles. The summed E-state index contributed by atoms with van der Waals surface area (Å²) >= 11 is 1.28. The molecular formula is C10H16N2O4S3. The van der Waals surface area contributed by atoms with Gasteiger partial charge in [0, 0.05) is 22.6 Å². The molecule has 0 unspecified atom stereocenters. The standard InChI is InChI=1S/C10H16N2O4S3/c1-12-19(15,16)8-3-4-10(9(11)7-8)17-5-6-18(2,13)14/h3-4,7,12H,5-6,11H2,1-2H3. The molecule has 0 bridgehead atoms. The van der Waals surface area contributed by atoms with Crippen LogP contribution >= 0.6 is 11.8 Å². The minimum absolute atomic E-state index is 0.0493. The number of sulfone groups is 1. The summed E-state index contributed by atoms with van der Waals surface area (Å²) in [6, 6.07) is 4.37. The van der Waals surface area contributed by atoms with Gasteiger partial charge in [-0.05, 0) is 25.2 Å². The van der Waals surface area contributed by atoms with Gasteiger partial charge in [-0.15, -0.1) is 11.8 Å². The van der Waals surface area contributed by atoms with E-state index in [1.165, 1.54) is 37.2 Å². The first-order valence-electron chi connectivity index (χ1n) is 5.29. The van der Waals surface area contributed by atoms with Crippen molar-refractivity contribution in [2.45, 2.75) is 9.79 Å². The van der Waals surface area contributed by atoms with Gasteiger partial charge in [-0.1, -0.05) is 0 Å². The lowest BCUT2D eigenvalue weighted by atomic mass is 10.3. The van der Waals surface area contributed by atoms with Crippen molar-refractivity contribution in [2.24, 2.45) is 0 Å². The maximum Gasteiger partial charge on any atom is 0.240 e. The summed E-state index contributed by atoms with van der Waals surface area (Å²) in [4.78, 5) is 0.749. The Hall–Kier alpha value is -0.770. The molecule has 0 atom stereocenters. The number of nitrogens with one attached hydrogen (secondary N) is 1. The van der Waals surface area contributed by atoms with E-state index in [9.17, 15) is 16.8 Å². The van der Waals surface area contributed by atoms with Crippen molar-refractivity contribution in [3.05, 3.63) is 18.2 Å². The fourth-order valence-electron chi connectivity index (χ4n) is 1.25. The molecule has 0 spiro atoms. The van der Waals surface area contributed by atoms with Crippen LogP contribution in [-0.4, -0.2) is 41.6 Å². The van der Waals surface area contributed by atoms with Crippen LogP contribution in [0.15, 0.2) is 28.0 Å². The Labute approximate surface area is 117 Å². The van der Waals surface area contributed by atoms with Gasteiger partial charge >= 0.3 is 0 Å². The van der Waals surface area contributed by atoms with Crippen molar-refractivity contribution in [3.8, 4) is 0 Å². The van der Waals surface area contributed by atoms with Crippen molar-refractivity contribution in [1.82, 2.24) is 4.72 Å². The lowest BCUT2D eigenvalue weighted by molar-refractivity contribution is 0.588. The zero-order valence-corrected chi connectivity index (χ0v) is 13.0. The summed E-state index contributed by atoms with van der Waals surface area (Å²) in [5.74, 6) is 0.425. The second-order valence-corrected chi connectivity index (χ2v) is 9.17. The zero-order valence-electron chi connectivity index (χ0n) is 10.6. The molecule has 0 aromatic heterocycles. The van der Waals surface area contributed by atoms with Crippen LogP contribution in [0.2, 0.25) is 0 Å². The van der Waals surface area contributed by atoms with Crippen molar-refractivity contribution in [3.63, 3.8) is 0 Å². The topological polar surface area (TPSA) is 106 Å². The molecule has 0 saturated carbocycles. The highest BCUT2D eigenvalue weighted by Crippen LogP contribution is 2.27. The number of hydrogen-bond donors (Lipinski definition) is 2. The monoisotopic (exact) mass is 324 g/mol. The Kier molecular flexibility index (Phi) is 5.25. The molecule has 0 heterocycles. The Morgan fingerprint density at radius 1 is 1.26 bits per heavy atom. The van der Waals surface area contributed by atoms with E-state index in [1.807, 2.05) is 0 Å². The molecule has 9 heteroatoms. The first kappa shape index (κ1) is 16.3. The average molecular weight is 324 g/mol. The summed E-state index contributed by atoms with van der Waals surface area (Å²) in [6.07, 6.45) is 1.17. The molecule has 3 N–H and O–H groups in total. The number of anilines is 1. The molecule has 0 amide bonds. The number of rotatable bonds is 6. The molecule has 0 aliphatic carbocycles. The van der Waals surface area contributed by atoms with Crippen LogP contribution in [0.4, 0.5) is 5.69 Å². The van der Waals surface area contributed by atoms with Crippen LogP contribution < -0.4 is 10.5 Å². The van der Waals surface area contributed by atoms with Crippen molar-refractivity contribution in [2.75, 3.05) is 30.5 Å². The summed E-state index contributed by atoms with van der Waals surface area (Å²) in [7, 11) is -5.21. The third-order valence-corrected chi connectivity index (χ3v) is 5.98. The van der Waals surface area contributed by atoms with E-state index in [2.05, 4.69) is 4.72 Å². The van der Waals surface area contributed by atoms with E-state index < -0.39 is 19.9 Å². The van der Waals surface area contributed by atoms with E-state index in [0.29, 0.717) is 16.3 Å². The predicted molar refractivity (Wildman–Crippen MR) is 77.5 cm³/mol. The van der Waals surface area contributed by atoms with Crippen LogP contribution in [0.25, 0.3) is 0 Å². The van der Waals surface area contributed by atoms with Crippen LogP contribution in [-0.2, 0) is 19.9 Å². The van der Waals surface area contributed by atoms with Gasteiger partial charge in [-0.2, -0.15) is 0 Å². The summed E-state index contributed by atoms with van der Waals surface area (Å²) in [6.45, 7) is 0. The SMILES string of the molecule is CNS(=O)(=O)c1ccc(SCCS(C)(=O)=O)c(N)c1. The number of hydrogen-bond acceptors (Lipinski definition) is 6. The van der Waals surface area contributed by atoms with Gasteiger partial charge in [0.1, 0.15) is 9.84 Å². The van der Waals surface area contributed by atoms with Crippen LogP contribution in [0.1, 0.15) is 0 Å². The predicted octanol–water partition coefficient (Wildman–Crippen LogP) is 0.314. The van der Waals surface area contributed by atoms with Gasteiger partial charge in [0.15, 0.2) is 0 Å². The third kappa shape index (κ3) is 5.01. The third-order valence-electron chi connectivity index (χ3n) is 2.27. The fraction of sp³-hybridized carbons (Fsp3) is 0.400. The molecule has 6 nitrogen and oxygen atoms in total. The molecule has 0 aliphatic rings. The lowest BCUT2D eigenvalue weighted by Gasteiger charge is -2.08. The molecule has 19 heavy (non-hydrogen) atoms. The first-order chi connectivity index (χ1) is 8.65. The highest BCUT2D eigenvalue weighted by Gasteiger charge is 2.13. The second-order valence-electron chi connectivity index (χ2n) is 3.89. The van der Waals surface area contributed by atoms with Gasteiger partial charge < -0.3 is 5.73 Å². The molecule has 108 valence electrons. The Morgan fingerprint density at radius 2 is 1.89 bits per heavy atom. The van der Waals surface area contributed by atoms with Gasteiger partial charge in [-0.25, -0.2) is 21.6 Å². The van der Waals surface area contributed by atoms with Crippen LogP contribution in [0.5, 0.6) is 0 Å². The molecule has 0 aliphatic heterocycles. The minimum Gasteiger partial charge on any atom is -0.398 e. The van der Waals surface area contributed by atoms with Crippen molar-refractivity contribution < 1.29 is 16.8 Å². The molecular weight excluding hydrogens is 308 g/mol. The van der Waals surface area contributed by atoms with Gasteiger partial charge in [0.2, 0.25) is 10.0 Å². The quantitative estimate of drug-likeness (QED) is 0.576. The van der Waals surface area contributed by atoms with Crippen molar-refractivity contribution in [1.29, 1.82) is 0 Å². The van der Waals surface area contributed by atoms with Crippen molar-refractivity contribution >= 4 is 37.3 Å². The highest BCUT2D eigenvalue weighted by atomic mass is 32.2. The Bertz CT molecular complexity index is 653. The maximum absolute atomic E-state index is 11.6. The maximum atomic E-state index is 11.6. The molecule has 1 rings (SSSR count). The zero-order chi connectivity index (χ0) is 14.7. The average Bonchev–Trinajstić information content (AvgIpc) is 2.29. The number of benzene rings is 1. The van der Waals surface area contributed by atoms with Crippen LogP contribution in [0, 0.1) is 0 Å². The number of nitrogen functional groups attached to an aromatic ring is 1. The lowest BCUT2D eigenvalue weighted by Crippen LogP contribution is -2.18. The first-order valence-corrected chi connectivity index (χ1v) is 9.82. The summed E-state index contributed by atoms with van der Waals surface area (Å²) in [5, 5.41) is 0. The largest absolute Gasteiger partial charge is 0.398 e. The Morgan fingerprint density at radius 3 is 2.37 bits per heavy atom. The van der Waals surface area contributed by atoms with E-state index in [1.54, 1.807) is 6.07 Å².